The number of hydrogen-bond acceptors (Lipinski definition) is 4. The van der Waals surface area contributed by atoms with Crippen LogP contribution in [0.15, 0.2) is 42.0 Å². The van der Waals surface area contributed by atoms with Gasteiger partial charge >= 0.3 is 0 Å². The monoisotopic (exact) mass is 330 g/mol. The van der Waals surface area contributed by atoms with E-state index >= 15 is 0 Å². The summed E-state index contributed by atoms with van der Waals surface area (Å²) in [5.41, 5.74) is 2.14. The first kappa shape index (κ1) is 15.4. The molecule has 2 heterocycles. The van der Waals surface area contributed by atoms with E-state index in [0.29, 0.717) is 17.2 Å². The fraction of sp³-hybridized carbons (Fsp3) is 0.188. The molecule has 1 amide bonds. The van der Waals surface area contributed by atoms with Crippen LogP contribution in [0, 0.1) is 5.82 Å². The van der Waals surface area contributed by atoms with E-state index in [1.165, 1.54) is 23.5 Å². The van der Waals surface area contributed by atoms with E-state index in [-0.39, 0.29) is 11.7 Å². The van der Waals surface area contributed by atoms with Crippen LogP contribution in [0.2, 0.25) is 0 Å². The van der Waals surface area contributed by atoms with Crippen LogP contribution in [0.3, 0.4) is 0 Å². The number of carbonyl (C=O) groups is 1. The highest BCUT2D eigenvalue weighted by Gasteiger charge is 2.17. The third-order valence-corrected chi connectivity index (χ3v) is 4.23. The van der Waals surface area contributed by atoms with Crippen LogP contribution in [0.4, 0.5) is 4.39 Å². The Bertz CT molecular complexity index is 825. The van der Waals surface area contributed by atoms with Gasteiger partial charge in [0.05, 0.1) is 6.20 Å². The van der Waals surface area contributed by atoms with Crippen LogP contribution < -0.4 is 0 Å². The number of aromatic nitrogens is 3. The lowest BCUT2D eigenvalue weighted by molar-refractivity contribution is 0.0780. The molecule has 0 spiro atoms. The lowest BCUT2D eigenvalue weighted by atomic mass is 10.2. The maximum Gasteiger partial charge on any atom is 0.273 e. The third-order valence-electron chi connectivity index (χ3n) is 3.34. The first-order valence-corrected chi connectivity index (χ1v) is 7.85. The second kappa shape index (κ2) is 6.29. The zero-order valence-electron chi connectivity index (χ0n) is 12.7. The van der Waals surface area contributed by atoms with Gasteiger partial charge in [-0.2, -0.15) is 5.10 Å². The molecule has 0 aliphatic carbocycles. The van der Waals surface area contributed by atoms with Crippen LogP contribution in [-0.4, -0.2) is 32.6 Å². The molecular weight excluding hydrogens is 315 g/mol. The zero-order chi connectivity index (χ0) is 16.4. The van der Waals surface area contributed by atoms with Gasteiger partial charge in [-0.1, -0.05) is 0 Å². The van der Waals surface area contributed by atoms with Gasteiger partial charge in [-0.25, -0.2) is 9.37 Å². The molecule has 0 saturated heterocycles. The lowest BCUT2D eigenvalue weighted by Crippen LogP contribution is -2.26. The third kappa shape index (κ3) is 3.45. The molecule has 0 saturated carbocycles. The van der Waals surface area contributed by atoms with Crippen LogP contribution >= 0.6 is 11.3 Å². The smallest absolute Gasteiger partial charge is 0.273 e. The number of hydrogen-bond donors (Lipinski definition) is 0. The number of halogens is 1. The van der Waals surface area contributed by atoms with Crippen LogP contribution in [0.1, 0.15) is 16.1 Å². The van der Waals surface area contributed by atoms with Crippen LogP contribution in [0.5, 0.6) is 0 Å². The molecule has 0 N–H and O–H groups in total. The predicted octanol–water partition coefficient (Wildman–Crippen LogP) is 2.95. The molecule has 0 aliphatic heterocycles. The lowest BCUT2D eigenvalue weighted by Gasteiger charge is -2.14. The Morgan fingerprint density at radius 1 is 1.35 bits per heavy atom. The highest BCUT2D eigenvalue weighted by Crippen LogP contribution is 2.24. The van der Waals surface area contributed by atoms with Crippen molar-refractivity contribution in [2.45, 2.75) is 6.54 Å². The molecule has 0 atom stereocenters. The fourth-order valence-electron chi connectivity index (χ4n) is 2.19. The van der Waals surface area contributed by atoms with Crippen LogP contribution in [-0.2, 0) is 13.6 Å². The van der Waals surface area contributed by atoms with Crippen molar-refractivity contribution >= 4 is 17.2 Å². The van der Waals surface area contributed by atoms with E-state index in [9.17, 15) is 9.18 Å². The summed E-state index contributed by atoms with van der Waals surface area (Å²) in [6.07, 6.45) is 3.60. The SMILES string of the molecule is CN(Cc1cnn(C)c1)C(=O)c1csc(-c2ccc(F)cc2)n1. The van der Waals surface area contributed by atoms with E-state index in [1.54, 1.807) is 40.3 Å². The number of thiazole rings is 1. The van der Waals surface area contributed by atoms with E-state index in [0.717, 1.165) is 11.1 Å². The molecule has 1 aromatic carbocycles. The highest BCUT2D eigenvalue weighted by molar-refractivity contribution is 7.13. The molecule has 7 heteroatoms. The highest BCUT2D eigenvalue weighted by atomic mass is 32.1. The number of benzene rings is 1. The predicted molar refractivity (Wildman–Crippen MR) is 86.5 cm³/mol. The van der Waals surface area contributed by atoms with E-state index in [4.69, 9.17) is 0 Å². The van der Waals surface area contributed by atoms with Gasteiger partial charge in [-0.15, -0.1) is 11.3 Å². The minimum atomic E-state index is -0.294. The van der Waals surface area contributed by atoms with Crippen molar-refractivity contribution in [3.8, 4) is 10.6 Å². The summed E-state index contributed by atoms with van der Waals surface area (Å²) in [5.74, 6) is -0.448. The number of aryl methyl sites for hydroxylation is 1. The Morgan fingerprint density at radius 3 is 2.74 bits per heavy atom. The number of rotatable bonds is 4. The molecule has 118 valence electrons. The second-order valence-electron chi connectivity index (χ2n) is 5.23. The van der Waals surface area contributed by atoms with Gasteiger partial charge in [0.1, 0.15) is 16.5 Å². The average molecular weight is 330 g/mol. The summed E-state index contributed by atoms with van der Waals surface area (Å²) >= 11 is 1.37. The standard InChI is InChI=1S/C16H15FN4OS/c1-20(8-11-7-18-21(2)9-11)16(22)14-10-23-15(19-14)12-3-5-13(17)6-4-12/h3-7,9-10H,8H2,1-2H3. The molecule has 5 nitrogen and oxygen atoms in total. The van der Waals surface area contributed by atoms with Gasteiger partial charge in [0.25, 0.3) is 5.91 Å². The largest absolute Gasteiger partial charge is 0.336 e. The van der Waals surface area contributed by atoms with Crippen molar-refractivity contribution in [1.29, 1.82) is 0 Å². The van der Waals surface area contributed by atoms with E-state index in [1.807, 2.05) is 13.2 Å². The molecule has 0 radical (unpaired) electrons. The van der Waals surface area contributed by atoms with Crippen molar-refractivity contribution < 1.29 is 9.18 Å². The molecule has 0 unspecified atom stereocenters. The first-order valence-electron chi connectivity index (χ1n) is 6.97. The number of amides is 1. The molecule has 23 heavy (non-hydrogen) atoms. The van der Waals surface area contributed by atoms with Gasteiger partial charge < -0.3 is 4.90 Å². The van der Waals surface area contributed by atoms with Crippen LogP contribution in [0.25, 0.3) is 10.6 Å². The molecular formula is C16H15FN4OS. The fourth-order valence-corrected chi connectivity index (χ4v) is 2.99. The van der Waals surface area contributed by atoms with Gasteiger partial charge in [-0.3, -0.25) is 9.48 Å². The minimum absolute atomic E-state index is 0.154. The topological polar surface area (TPSA) is 51.0 Å². The quantitative estimate of drug-likeness (QED) is 0.739. The molecule has 3 rings (SSSR count). The summed E-state index contributed by atoms with van der Waals surface area (Å²) < 4.78 is 14.7. The average Bonchev–Trinajstić information content (AvgIpc) is 3.16. The molecule has 2 aromatic heterocycles. The van der Waals surface area contributed by atoms with Crippen molar-refractivity contribution in [3.05, 3.63) is 59.1 Å². The number of carbonyl (C=O) groups excluding carboxylic acids is 1. The summed E-state index contributed by atoms with van der Waals surface area (Å²) in [4.78, 5) is 18.4. The van der Waals surface area contributed by atoms with E-state index in [2.05, 4.69) is 10.1 Å². The Morgan fingerprint density at radius 2 is 2.09 bits per heavy atom. The Labute approximate surface area is 137 Å². The van der Waals surface area contributed by atoms with Gasteiger partial charge in [0, 0.05) is 43.3 Å². The summed E-state index contributed by atoms with van der Waals surface area (Å²) in [5, 5.41) is 6.51. The van der Waals surface area contributed by atoms with E-state index < -0.39 is 0 Å². The normalized spacial score (nSPS) is 10.7. The van der Waals surface area contributed by atoms with Gasteiger partial charge in [-0.05, 0) is 24.3 Å². The Balaban J connectivity index is 1.74. The van der Waals surface area contributed by atoms with Crippen molar-refractivity contribution in [2.24, 2.45) is 7.05 Å². The number of nitrogens with zero attached hydrogens (tertiary/aromatic N) is 4. The Kier molecular flexibility index (Phi) is 4.20. The minimum Gasteiger partial charge on any atom is -0.336 e. The molecule has 3 aromatic rings. The van der Waals surface area contributed by atoms with Gasteiger partial charge in [0.2, 0.25) is 0 Å². The van der Waals surface area contributed by atoms with Crippen molar-refractivity contribution in [1.82, 2.24) is 19.7 Å². The molecule has 0 bridgehead atoms. The van der Waals surface area contributed by atoms with Crippen molar-refractivity contribution in [2.75, 3.05) is 7.05 Å². The first-order chi connectivity index (χ1) is 11.0. The summed E-state index contributed by atoms with van der Waals surface area (Å²) in [7, 11) is 3.56. The maximum atomic E-state index is 13.0. The van der Waals surface area contributed by atoms with Gasteiger partial charge in [0.15, 0.2) is 0 Å². The Hall–Kier alpha value is -2.54. The summed E-state index contributed by atoms with van der Waals surface area (Å²) in [6.45, 7) is 0.468. The summed E-state index contributed by atoms with van der Waals surface area (Å²) in [6, 6.07) is 6.07. The molecule has 0 aliphatic rings. The zero-order valence-corrected chi connectivity index (χ0v) is 13.5. The second-order valence-corrected chi connectivity index (χ2v) is 6.09. The molecule has 0 fully saturated rings. The maximum absolute atomic E-state index is 13.0. The van der Waals surface area contributed by atoms with Crippen molar-refractivity contribution in [3.63, 3.8) is 0 Å².